The molecule has 1 amide bonds. The second-order valence-electron chi connectivity index (χ2n) is 7.07. The molecule has 0 heterocycles. The van der Waals surface area contributed by atoms with Crippen molar-refractivity contribution in [1.82, 2.24) is 5.32 Å². The third-order valence-corrected chi connectivity index (χ3v) is 6.46. The summed E-state index contributed by atoms with van der Waals surface area (Å²) >= 11 is 6.18. The molecule has 5 nitrogen and oxygen atoms in total. The molecule has 1 aliphatic rings. The predicted octanol–water partition coefficient (Wildman–Crippen LogP) is 4.20. The number of aryl methyl sites for hydroxylation is 1. The molecule has 0 spiro atoms. The van der Waals surface area contributed by atoms with Gasteiger partial charge >= 0.3 is 0 Å². The minimum atomic E-state index is -3.65. The highest BCUT2D eigenvalue weighted by atomic mass is 35.5. The molecule has 0 unspecified atom stereocenters. The van der Waals surface area contributed by atoms with Gasteiger partial charge in [-0.1, -0.05) is 36.2 Å². The van der Waals surface area contributed by atoms with Crippen LogP contribution in [0.15, 0.2) is 29.8 Å². The third-order valence-electron chi connectivity index (χ3n) is 4.87. The van der Waals surface area contributed by atoms with Crippen LogP contribution < -0.4 is 9.62 Å². The molecule has 1 N–H and O–H groups in total. The topological polar surface area (TPSA) is 66.5 Å². The van der Waals surface area contributed by atoms with E-state index in [4.69, 9.17) is 11.6 Å². The van der Waals surface area contributed by atoms with E-state index >= 15 is 0 Å². The van der Waals surface area contributed by atoms with Crippen molar-refractivity contribution in [3.63, 3.8) is 0 Å². The highest BCUT2D eigenvalue weighted by Gasteiger charge is 2.31. The number of carbonyl (C=O) groups excluding carboxylic acids is 1. The highest BCUT2D eigenvalue weighted by Crippen LogP contribution is 2.27. The van der Waals surface area contributed by atoms with Gasteiger partial charge in [-0.15, -0.1) is 0 Å². The summed E-state index contributed by atoms with van der Waals surface area (Å²) in [5, 5.41) is 3.38. The van der Waals surface area contributed by atoms with Crippen LogP contribution in [0.5, 0.6) is 0 Å². The fraction of sp³-hybridized carbons (Fsp3) is 0.550. The molecule has 0 aromatic heterocycles. The van der Waals surface area contributed by atoms with Gasteiger partial charge in [0.15, 0.2) is 0 Å². The molecule has 0 fully saturated rings. The zero-order valence-electron chi connectivity index (χ0n) is 16.3. The Balaban J connectivity index is 2.15. The van der Waals surface area contributed by atoms with Gasteiger partial charge in [-0.25, -0.2) is 8.42 Å². The van der Waals surface area contributed by atoms with Crippen LogP contribution in [0.4, 0.5) is 5.69 Å². The summed E-state index contributed by atoms with van der Waals surface area (Å²) in [6, 6.07) is 4.24. The summed E-state index contributed by atoms with van der Waals surface area (Å²) in [6.45, 7) is 4.18. The van der Waals surface area contributed by atoms with E-state index in [1.807, 2.05) is 13.8 Å². The Hall–Kier alpha value is -1.53. The monoisotopic (exact) mass is 412 g/mol. The van der Waals surface area contributed by atoms with Gasteiger partial charge in [0.2, 0.25) is 15.9 Å². The predicted molar refractivity (Wildman–Crippen MR) is 112 cm³/mol. The molecular weight excluding hydrogens is 384 g/mol. The first-order chi connectivity index (χ1) is 12.7. The van der Waals surface area contributed by atoms with Crippen LogP contribution in [0.25, 0.3) is 0 Å². The molecule has 0 bridgehead atoms. The van der Waals surface area contributed by atoms with Crippen molar-refractivity contribution in [3.05, 3.63) is 40.4 Å². The first-order valence-corrected chi connectivity index (χ1v) is 11.7. The average Bonchev–Trinajstić information content (AvgIpc) is 2.62. The maximum atomic E-state index is 12.8. The smallest absolute Gasteiger partial charge is 0.243 e. The van der Waals surface area contributed by atoms with Gasteiger partial charge < -0.3 is 5.32 Å². The van der Waals surface area contributed by atoms with Gasteiger partial charge in [0.1, 0.15) is 6.04 Å². The molecular formula is C20H29ClN2O3S. The summed E-state index contributed by atoms with van der Waals surface area (Å²) < 4.78 is 26.1. The summed E-state index contributed by atoms with van der Waals surface area (Å²) in [5.41, 5.74) is 2.64. The lowest BCUT2D eigenvalue weighted by molar-refractivity contribution is -0.122. The molecule has 1 aromatic carbocycles. The molecule has 0 aliphatic heterocycles. The molecule has 7 heteroatoms. The Morgan fingerprint density at radius 1 is 1.33 bits per heavy atom. The van der Waals surface area contributed by atoms with Crippen molar-refractivity contribution in [2.75, 3.05) is 17.1 Å². The van der Waals surface area contributed by atoms with Gasteiger partial charge in [-0.05, 0) is 63.1 Å². The van der Waals surface area contributed by atoms with Crippen molar-refractivity contribution in [1.29, 1.82) is 0 Å². The van der Waals surface area contributed by atoms with Crippen LogP contribution in [0, 0.1) is 6.92 Å². The largest absolute Gasteiger partial charge is 0.354 e. The quantitative estimate of drug-likeness (QED) is 0.650. The van der Waals surface area contributed by atoms with Gasteiger partial charge in [-0.3, -0.25) is 9.10 Å². The molecule has 0 saturated heterocycles. The Kier molecular flexibility index (Phi) is 7.74. The van der Waals surface area contributed by atoms with E-state index < -0.39 is 16.1 Å². The van der Waals surface area contributed by atoms with Crippen LogP contribution in [-0.2, 0) is 14.8 Å². The molecule has 1 aromatic rings. The fourth-order valence-corrected chi connectivity index (χ4v) is 4.75. The van der Waals surface area contributed by atoms with Crippen molar-refractivity contribution in [2.45, 2.75) is 58.4 Å². The number of benzene rings is 1. The Morgan fingerprint density at radius 2 is 2.07 bits per heavy atom. The first-order valence-electron chi connectivity index (χ1n) is 9.45. The van der Waals surface area contributed by atoms with Crippen molar-refractivity contribution >= 4 is 33.2 Å². The molecule has 2 rings (SSSR count). The molecule has 0 radical (unpaired) electrons. The second kappa shape index (κ2) is 9.60. The molecule has 1 atom stereocenters. The van der Waals surface area contributed by atoms with E-state index in [1.54, 1.807) is 18.2 Å². The summed E-state index contributed by atoms with van der Waals surface area (Å²) in [5.74, 6) is -0.281. The number of allylic oxidation sites excluding steroid dienone is 1. The van der Waals surface area contributed by atoms with Crippen LogP contribution in [0.2, 0.25) is 5.02 Å². The summed E-state index contributed by atoms with van der Waals surface area (Å²) in [7, 11) is -3.65. The SMILES string of the molecule is CC[C@@H](C(=O)NCCC1=CCCCC1)N(c1ccc(C)c(Cl)c1)S(C)(=O)=O. The summed E-state index contributed by atoms with van der Waals surface area (Å²) in [6.07, 6.45) is 9.18. The maximum absolute atomic E-state index is 12.8. The third kappa shape index (κ3) is 5.98. The standard InChI is InChI=1S/C20H29ClN2O3S/c1-4-19(20(24)22-13-12-16-8-6-5-7-9-16)23(27(3,25)26)17-11-10-15(2)18(21)14-17/h8,10-11,14,19H,4-7,9,12-13H2,1-3H3,(H,22,24)/t19-/m0/s1. The van der Waals surface area contributed by atoms with Crippen LogP contribution >= 0.6 is 11.6 Å². The second-order valence-corrected chi connectivity index (χ2v) is 9.33. The number of halogens is 1. The number of nitrogens with zero attached hydrogens (tertiary/aromatic N) is 1. The Bertz CT molecular complexity index is 805. The molecule has 1 aliphatic carbocycles. The van der Waals surface area contributed by atoms with E-state index in [-0.39, 0.29) is 5.91 Å². The average molecular weight is 413 g/mol. The number of carbonyl (C=O) groups is 1. The number of hydrogen-bond donors (Lipinski definition) is 1. The van der Waals surface area contributed by atoms with Gasteiger partial charge in [0.05, 0.1) is 11.9 Å². The van der Waals surface area contributed by atoms with E-state index in [9.17, 15) is 13.2 Å². The van der Waals surface area contributed by atoms with E-state index in [1.165, 1.54) is 22.7 Å². The summed E-state index contributed by atoms with van der Waals surface area (Å²) in [4.78, 5) is 12.8. The van der Waals surface area contributed by atoms with Gasteiger partial charge in [0.25, 0.3) is 0 Å². The Labute approximate surface area is 167 Å². The minimum absolute atomic E-state index is 0.281. The van der Waals surface area contributed by atoms with Crippen LogP contribution in [0.1, 0.15) is 51.0 Å². The lowest BCUT2D eigenvalue weighted by Gasteiger charge is -2.30. The number of hydrogen-bond acceptors (Lipinski definition) is 3. The zero-order chi connectivity index (χ0) is 20.0. The van der Waals surface area contributed by atoms with Crippen LogP contribution in [-0.4, -0.2) is 33.2 Å². The van der Waals surface area contributed by atoms with Crippen LogP contribution in [0.3, 0.4) is 0 Å². The van der Waals surface area contributed by atoms with Crippen molar-refractivity contribution < 1.29 is 13.2 Å². The number of anilines is 1. The van der Waals surface area contributed by atoms with E-state index in [0.717, 1.165) is 31.1 Å². The van der Waals surface area contributed by atoms with Crippen molar-refractivity contribution in [3.8, 4) is 0 Å². The number of nitrogens with one attached hydrogen (secondary N) is 1. The fourth-order valence-electron chi connectivity index (χ4n) is 3.37. The van der Waals surface area contributed by atoms with E-state index in [0.29, 0.717) is 23.7 Å². The normalized spacial score (nSPS) is 15.8. The molecule has 150 valence electrons. The van der Waals surface area contributed by atoms with Gasteiger partial charge in [-0.2, -0.15) is 0 Å². The van der Waals surface area contributed by atoms with Crippen molar-refractivity contribution in [2.24, 2.45) is 0 Å². The minimum Gasteiger partial charge on any atom is -0.354 e. The number of sulfonamides is 1. The molecule has 27 heavy (non-hydrogen) atoms. The number of amides is 1. The first kappa shape index (κ1) is 21.8. The molecule has 0 saturated carbocycles. The van der Waals surface area contributed by atoms with E-state index in [2.05, 4.69) is 11.4 Å². The maximum Gasteiger partial charge on any atom is 0.243 e. The lowest BCUT2D eigenvalue weighted by Crippen LogP contribution is -2.49. The lowest BCUT2D eigenvalue weighted by atomic mass is 9.97. The van der Waals surface area contributed by atoms with Gasteiger partial charge in [0, 0.05) is 11.6 Å². The number of rotatable bonds is 8. The zero-order valence-corrected chi connectivity index (χ0v) is 17.9. The Morgan fingerprint density at radius 3 is 2.63 bits per heavy atom. The highest BCUT2D eigenvalue weighted by molar-refractivity contribution is 7.92.